The first-order valence-electron chi connectivity index (χ1n) is 7.49. The number of thiophene rings is 1. The first-order valence-corrected chi connectivity index (χ1v) is 9.35. The number of rotatable bonds is 6. The zero-order chi connectivity index (χ0) is 17.6. The van der Waals surface area contributed by atoms with Gasteiger partial charge in [0.1, 0.15) is 0 Å². The van der Waals surface area contributed by atoms with Crippen molar-refractivity contribution < 1.29 is 4.79 Å². The average molecular weight is 369 g/mol. The first-order chi connectivity index (χ1) is 12.2. The number of hydrogen-bond acceptors (Lipinski definition) is 6. The highest BCUT2D eigenvalue weighted by Gasteiger charge is 2.13. The summed E-state index contributed by atoms with van der Waals surface area (Å²) in [5.74, 6) is 0.931. The van der Waals surface area contributed by atoms with E-state index in [0.29, 0.717) is 17.3 Å². The standard InChI is InChI=1S/C17H15N5OS2/c1-22-16(14-3-2-10-24-14)20-21-17(22)25-11-15(23)19-13-6-4-12(5-7-13)8-9-18/h2-7,10H,8,11H2,1H3,(H,19,23). The van der Waals surface area contributed by atoms with E-state index in [9.17, 15) is 4.79 Å². The van der Waals surface area contributed by atoms with Crippen molar-refractivity contribution in [1.29, 1.82) is 5.26 Å². The molecule has 0 saturated heterocycles. The van der Waals surface area contributed by atoms with Crippen LogP contribution < -0.4 is 5.32 Å². The van der Waals surface area contributed by atoms with Crippen LogP contribution in [0, 0.1) is 11.3 Å². The van der Waals surface area contributed by atoms with Crippen LogP contribution in [0.15, 0.2) is 46.9 Å². The molecule has 126 valence electrons. The fourth-order valence-corrected chi connectivity index (χ4v) is 3.64. The van der Waals surface area contributed by atoms with Gasteiger partial charge in [-0.3, -0.25) is 4.79 Å². The second-order valence-electron chi connectivity index (χ2n) is 5.21. The summed E-state index contributed by atoms with van der Waals surface area (Å²) in [6.07, 6.45) is 0.364. The molecule has 3 aromatic rings. The van der Waals surface area contributed by atoms with Crippen LogP contribution in [-0.2, 0) is 18.3 Å². The lowest BCUT2D eigenvalue weighted by Gasteiger charge is -2.06. The van der Waals surface area contributed by atoms with E-state index in [1.807, 2.05) is 41.3 Å². The predicted octanol–water partition coefficient (Wildman–Crippen LogP) is 3.34. The van der Waals surface area contributed by atoms with Crippen LogP contribution >= 0.6 is 23.1 Å². The molecule has 3 rings (SSSR count). The van der Waals surface area contributed by atoms with Crippen LogP contribution in [0.5, 0.6) is 0 Å². The normalized spacial score (nSPS) is 10.4. The number of nitrogens with one attached hydrogen (secondary N) is 1. The summed E-state index contributed by atoms with van der Waals surface area (Å²) in [6, 6.07) is 13.3. The maximum absolute atomic E-state index is 12.1. The molecule has 0 saturated carbocycles. The number of aromatic nitrogens is 3. The van der Waals surface area contributed by atoms with Crippen molar-refractivity contribution >= 4 is 34.7 Å². The van der Waals surface area contributed by atoms with E-state index >= 15 is 0 Å². The smallest absolute Gasteiger partial charge is 0.234 e. The molecule has 0 bridgehead atoms. The van der Waals surface area contributed by atoms with E-state index in [1.165, 1.54) is 11.8 Å². The zero-order valence-corrected chi connectivity index (χ0v) is 15.1. The zero-order valence-electron chi connectivity index (χ0n) is 13.5. The van der Waals surface area contributed by atoms with Gasteiger partial charge in [-0.15, -0.1) is 21.5 Å². The Kier molecular flexibility index (Phi) is 5.48. The minimum Gasteiger partial charge on any atom is -0.325 e. The summed E-state index contributed by atoms with van der Waals surface area (Å²) in [5.41, 5.74) is 1.64. The quantitative estimate of drug-likeness (QED) is 0.674. The minimum absolute atomic E-state index is 0.112. The Morgan fingerprint density at radius 1 is 1.32 bits per heavy atom. The topological polar surface area (TPSA) is 83.6 Å². The summed E-state index contributed by atoms with van der Waals surface area (Å²) >= 11 is 2.94. The lowest BCUT2D eigenvalue weighted by Crippen LogP contribution is -2.14. The number of thioether (sulfide) groups is 1. The van der Waals surface area contributed by atoms with Crippen LogP contribution in [-0.4, -0.2) is 26.4 Å². The van der Waals surface area contributed by atoms with E-state index in [4.69, 9.17) is 5.26 Å². The number of nitriles is 1. The van der Waals surface area contributed by atoms with E-state index in [-0.39, 0.29) is 11.7 Å². The average Bonchev–Trinajstić information content (AvgIpc) is 3.25. The number of amides is 1. The maximum atomic E-state index is 12.1. The molecule has 0 atom stereocenters. The molecule has 0 spiro atoms. The van der Waals surface area contributed by atoms with Crippen molar-refractivity contribution in [3.8, 4) is 16.8 Å². The summed E-state index contributed by atoms with van der Waals surface area (Å²) in [5, 5.41) is 22.5. The largest absolute Gasteiger partial charge is 0.325 e. The van der Waals surface area contributed by atoms with Gasteiger partial charge in [0, 0.05) is 12.7 Å². The summed E-state index contributed by atoms with van der Waals surface area (Å²) in [6.45, 7) is 0. The fourth-order valence-electron chi connectivity index (χ4n) is 2.19. The molecule has 0 fully saturated rings. The lowest BCUT2D eigenvalue weighted by molar-refractivity contribution is -0.113. The summed E-state index contributed by atoms with van der Waals surface area (Å²) < 4.78 is 1.89. The molecule has 1 N–H and O–H groups in total. The van der Waals surface area contributed by atoms with E-state index < -0.39 is 0 Å². The lowest BCUT2D eigenvalue weighted by atomic mass is 10.1. The third-order valence-electron chi connectivity index (χ3n) is 3.43. The number of carbonyl (C=O) groups is 1. The van der Waals surface area contributed by atoms with Crippen LogP contribution in [0.2, 0.25) is 0 Å². The van der Waals surface area contributed by atoms with E-state index in [2.05, 4.69) is 21.6 Å². The van der Waals surface area contributed by atoms with Crippen LogP contribution in [0.4, 0.5) is 5.69 Å². The van der Waals surface area contributed by atoms with Gasteiger partial charge >= 0.3 is 0 Å². The molecule has 0 aliphatic heterocycles. The monoisotopic (exact) mass is 369 g/mol. The Hall–Kier alpha value is -2.63. The van der Waals surface area contributed by atoms with Crippen LogP contribution in [0.3, 0.4) is 0 Å². The molecule has 0 aliphatic rings. The van der Waals surface area contributed by atoms with Gasteiger partial charge < -0.3 is 9.88 Å². The number of benzene rings is 1. The van der Waals surface area contributed by atoms with E-state index in [1.54, 1.807) is 23.5 Å². The van der Waals surface area contributed by atoms with Crippen molar-refractivity contribution in [2.45, 2.75) is 11.6 Å². The molecule has 8 heteroatoms. The number of nitrogens with zero attached hydrogens (tertiary/aromatic N) is 4. The second kappa shape index (κ2) is 7.96. The second-order valence-corrected chi connectivity index (χ2v) is 7.10. The maximum Gasteiger partial charge on any atom is 0.234 e. The van der Waals surface area contributed by atoms with Crippen LogP contribution in [0.25, 0.3) is 10.7 Å². The minimum atomic E-state index is -0.112. The molecule has 0 radical (unpaired) electrons. The molecule has 6 nitrogen and oxygen atoms in total. The van der Waals surface area contributed by atoms with Crippen molar-refractivity contribution in [2.24, 2.45) is 7.05 Å². The Morgan fingerprint density at radius 2 is 2.12 bits per heavy atom. The van der Waals surface area contributed by atoms with E-state index in [0.717, 1.165) is 16.3 Å². The Balaban J connectivity index is 1.57. The molecule has 0 aliphatic carbocycles. The molecule has 1 amide bonds. The fraction of sp³-hybridized carbons (Fsp3) is 0.176. The number of hydrogen-bond donors (Lipinski definition) is 1. The van der Waals surface area contributed by atoms with Gasteiger partial charge in [0.05, 0.1) is 23.1 Å². The third-order valence-corrected chi connectivity index (χ3v) is 5.32. The van der Waals surface area contributed by atoms with Gasteiger partial charge in [-0.25, -0.2) is 0 Å². The molecule has 2 heterocycles. The SMILES string of the molecule is Cn1c(SCC(=O)Nc2ccc(CC#N)cc2)nnc1-c1cccs1. The van der Waals surface area contributed by atoms with Gasteiger partial charge in [0.25, 0.3) is 0 Å². The molecule has 25 heavy (non-hydrogen) atoms. The highest BCUT2D eigenvalue weighted by molar-refractivity contribution is 7.99. The highest BCUT2D eigenvalue weighted by atomic mass is 32.2. The molecular formula is C17H15N5OS2. The molecule has 1 aromatic carbocycles. The summed E-state index contributed by atoms with van der Waals surface area (Å²) in [7, 11) is 1.89. The predicted molar refractivity (Wildman–Crippen MR) is 99.4 cm³/mol. The highest BCUT2D eigenvalue weighted by Crippen LogP contribution is 2.26. The van der Waals surface area contributed by atoms with Gasteiger partial charge in [-0.1, -0.05) is 30.0 Å². The third kappa shape index (κ3) is 4.26. The van der Waals surface area contributed by atoms with Crippen molar-refractivity contribution in [3.05, 3.63) is 47.3 Å². The van der Waals surface area contributed by atoms with Gasteiger partial charge in [-0.2, -0.15) is 5.26 Å². The first kappa shape index (κ1) is 17.2. The molecule has 0 unspecified atom stereocenters. The van der Waals surface area contributed by atoms with Gasteiger partial charge in [0.2, 0.25) is 5.91 Å². The van der Waals surface area contributed by atoms with Crippen molar-refractivity contribution in [2.75, 3.05) is 11.1 Å². The van der Waals surface area contributed by atoms with Crippen molar-refractivity contribution in [1.82, 2.24) is 14.8 Å². The Labute approximate surface area is 153 Å². The Bertz CT molecular complexity index is 894. The Morgan fingerprint density at radius 3 is 2.80 bits per heavy atom. The molecule has 2 aromatic heterocycles. The number of carbonyl (C=O) groups excluding carboxylic acids is 1. The van der Waals surface area contributed by atoms with Crippen LogP contribution in [0.1, 0.15) is 5.56 Å². The van der Waals surface area contributed by atoms with Gasteiger partial charge in [0.15, 0.2) is 11.0 Å². The van der Waals surface area contributed by atoms with Crippen molar-refractivity contribution in [3.63, 3.8) is 0 Å². The summed E-state index contributed by atoms with van der Waals surface area (Å²) in [4.78, 5) is 13.1. The number of anilines is 1. The molecular weight excluding hydrogens is 354 g/mol. The van der Waals surface area contributed by atoms with Gasteiger partial charge in [-0.05, 0) is 29.1 Å².